The third kappa shape index (κ3) is 4.16. The lowest BCUT2D eigenvalue weighted by atomic mass is 10.0. The summed E-state index contributed by atoms with van der Waals surface area (Å²) in [5.74, 6) is 0.104. The summed E-state index contributed by atoms with van der Waals surface area (Å²) >= 11 is 0. The summed E-state index contributed by atoms with van der Waals surface area (Å²) in [4.78, 5) is 14.6. The fourth-order valence-corrected chi connectivity index (χ4v) is 3.10. The predicted octanol–water partition coefficient (Wildman–Crippen LogP) is 2.53. The normalized spacial score (nSPS) is 15.2. The number of halogens is 1. The van der Waals surface area contributed by atoms with E-state index >= 15 is 0 Å². The first-order chi connectivity index (χ1) is 11.0. The second-order valence-corrected chi connectivity index (χ2v) is 6.41. The maximum absolute atomic E-state index is 12.6. The number of nitrogens with two attached hydrogens (primary N) is 1. The molecule has 0 bridgehead atoms. The molecule has 1 aromatic carbocycles. The quantitative estimate of drug-likeness (QED) is 0.927. The number of hydrogen-bond acceptors (Lipinski definition) is 3. The lowest BCUT2D eigenvalue weighted by molar-refractivity contribution is 0.0714. The van der Waals surface area contributed by atoms with Gasteiger partial charge in [0.05, 0.1) is 12.2 Å². The van der Waals surface area contributed by atoms with Gasteiger partial charge in [-0.3, -0.25) is 9.48 Å². The van der Waals surface area contributed by atoms with E-state index in [0.717, 1.165) is 48.4 Å². The van der Waals surface area contributed by atoms with Crippen LogP contribution in [0.25, 0.3) is 0 Å². The van der Waals surface area contributed by atoms with Crippen LogP contribution in [-0.4, -0.2) is 39.7 Å². The summed E-state index contributed by atoms with van der Waals surface area (Å²) in [5, 5.41) is 4.49. The third-order valence-corrected chi connectivity index (χ3v) is 4.44. The molecule has 5 nitrogen and oxygen atoms in total. The van der Waals surface area contributed by atoms with E-state index < -0.39 is 0 Å². The van der Waals surface area contributed by atoms with Crippen LogP contribution in [0.4, 0.5) is 0 Å². The topological polar surface area (TPSA) is 64.2 Å². The van der Waals surface area contributed by atoms with Crippen LogP contribution in [0.5, 0.6) is 0 Å². The van der Waals surface area contributed by atoms with E-state index in [2.05, 4.69) is 11.2 Å². The van der Waals surface area contributed by atoms with Gasteiger partial charge in [0.2, 0.25) is 0 Å². The fraction of sp³-hybridized carbons (Fsp3) is 0.444. The zero-order valence-electron chi connectivity index (χ0n) is 14.2. The molecule has 0 atom stereocenters. The van der Waals surface area contributed by atoms with Gasteiger partial charge in [0.25, 0.3) is 5.91 Å². The van der Waals surface area contributed by atoms with Crippen molar-refractivity contribution in [2.75, 3.05) is 13.1 Å². The van der Waals surface area contributed by atoms with Crippen molar-refractivity contribution in [1.82, 2.24) is 14.7 Å². The zero-order chi connectivity index (χ0) is 16.4. The molecule has 0 aliphatic carbocycles. The summed E-state index contributed by atoms with van der Waals surface area (Å²) in [7, 11) is 0. The molecule has 1 amide bonds. The summed E-state index contributed by atoms with van der Waals surface area (Å²) in [6.07, 6.45) is 1.77. The predicted molar refractivity (Wildman–Crippen MR) is 97.6 cm³/mol. The molecule has 24 heavy (non-hydrogen) atoms. The van der Waals surface area contributed by atoms with Crippen LogP contribution in [0.1, 0.15) is 40.2 Å². The maximum Gasteiger partial charge on any atom is 0.253 e. The average Bonchev–Trinajstić information content (AvgIpc) is 2.85. The van der Waals surface area contributed by atoms with E-state index in [1.165, 1.54) is 0 Å². The Morgan fingerprint density at radius 2 is 1.96 bits per heavy atom. The molecule has 0 unspecified atom stereocenters. The lowest BCUT2D eigenvalue weighted by Gasteiger charge is -2.30. The van der Waals surface area contributed by atoms with Gasteiger partial charge in [-0.25, -0.2) is 0 Å². The van der Waals surface area contributed by atoms with Crippen molar-refractivity contribution in [3.8, 4) is 0 Å². The number of carbonyl (C=O) groups excluding carboxylic acids is 1. The van der Waals surface area contributed by atoms with Gasteiger partial charge in [-0.1, -0.05) is 12.1 Å². The molecule has 3 rings (SSSR count). The van der Waals surface area contributed by atoms with E-state index in [-0.39, 0.29) is 24.4 Å². The Morgan fingerprint density at radius 1 is 1.25 bits per heavy atom. The monoisotopic (exact) mass is 348 g/mol. The molecule has 2 heterocycles. The van der Waals surface area contributed by atoms with Crippen molar-refractivity contribution >= 4 is 18.3 Å². The molecule has 130 valence electrons. The highest BCUT2D eigenvalue weighted by atomic mass is 35.5. The highest BCUT2D eigenvalue weighted by Gasteiger charge is 2.21. The summed E-state index contributed by atoms with van der Waals surface area (Å²) in [6, 6.07) is 10.2. The van der Waals surface area contributed by atoms with Crippen molar-refractivity contribution in [2.45, 2.75) is 39.3 Å². The summed E-state index contributed by atoms with van der Waals surface area (Å²) < 4.78 is 1.97. The molecule has 0 saturated carbocycles. The number of amides is 1. The van der Waals surface area contributed by atoms with E-state index in [1.807, 2.05) is 47.7 Å². The highest BCUT2D eigenvalue weighted by Crippen LogP contribution is 2.15. The molecular weight excluding hydrogens is 324 g/mol. The van der Waals surface area contributed by atoms with Crippen molar-refractivity contribution in [3.05, 3.63) is 52.8 Å². The highest BCUT2D eigenvalue weighted by molar-refractivity contribution is 5.94. The summed E-state index contributed by atoms with van der Waals surface area (Å²) in [6.45, 7) is 6.23. The Hall–Kier alpha value is -1.85. The minimum Gasteiger partial charge on any atom is -0.339 e. The van der Waals surface area contributed by atoms with Crippen molar-refractivity contribution < 1.29 is 4.79 Å². The molecule has 1 aliphatic rings. The first kappa shape index (κ1) is 18.5. The number of likely N-dealkylation sites (tertiary alicyclic amines) is 1. The Labute approximate surface area is 149 Å². The largest absolute Gasteiger partial charge is 0.339 e. The first-order valence-electron chi connectivity index (χ1n) is 8.18. The van der Waals surface area contributed by atoms with Gasteiger partial charge in [-0.2, -0.15) is 5.10 Å². The number of piperidine rings is 1. The molecule has 1 aliphatic heterocycles. The zero-order valence-corrected chi connectivity index (χ0v) is 15.1. The van der Waals surface area contributed by atoms with Crippen LogP contribution < -0.4 is 5.73 Å². The smallest absolute Gasteiger partial charge is 0.253 e. The molecule has 1 aromatic heterocycles. The fourth-order valence-electron chi connectivity index (χ4n) is 3.10. The molecule has 0 spiro atoms. The van der Waals surface area contributed by atoms with Crippen molar-refractivity contribution in [2.24, 2.45) is 5.73 Å². The molecule has 1 fully saturated rings. The maximum atomic E-state index is 12.6. The van der Waals surface area contributed by atoms with Gasteiger partial charge in [-0.15, -0.1) is 12.4 Å². The van der Waals surface area contributed by atoms with Gasteiger partial charge in [0, 0.05) is 30.4 Å². The number of aryl methyl sites for hydroxylation is 2. The Bertz CT molecular complexity index is 705. The minimum atomic E-state index is 0. The molecule has 0 radical (unpaired) electrons. The van der Waals surface area contributed by atoms with Crippen LogP contribution in [0.3, 0.4) is 0 Å². The summed E-state index contributed by atoms with van der Waals surface area (Å²) in [5.41, 5.74) is 9.90. The van der Waals surface area contributed by atoms with Gasteiger partial charge >= 0.3 is 0 Å². The van der Waals surface area contributed by atoms with Crippen LogP contribution in [0.15, 0.2) is 30.3 Å². The number of benzene rings is 1. The Morgan fingerprint density at radius 3 is 2.58 bits per heavy atom. The number of rotatable bonds is 3. The Balaban J connectivity index is 0.00000208. The van der Waals surface area contributed by atoms with Crippen molar-refractivity contribution in [1.29, 1.82) is 0 Å². The van der Waals surface area contributed by atoms with Gasteiger partial charge in [0.15, 0.2) is 0 Å². The number of carbonyl (C=O) groups is 1. The van der Waals surface area contributed by atoms with E-state index in [0.29, 0.717) is 6.54 Å². The molecule has 2 aromatic rings. The minimum absolute atomic E-state index is 0. The molecule has 1 saturated heterocycles. The molecular formula is C18H25ClN4O. The number of aromatic nitrogens is 2. The molecule has 2 N–H and O–H groups in total. The lowest BCUT2D eigenvalue weighted by Crippen LogP contribution is -2.42. The number of nitrogens with zero attached hydrogens (tertiary/aromatic N) is 3. The van der Waals surface area contributed by atoms with Gasteiger partial charge in [-0.05, 0) is 50.5 Å². The second kappa shape index (κ2) is 7.81. The average molecular weight is 349 g/mol. The van der Waals surface area contributed by atoms with Crippen LogP contribution in [0.2, 0.25) is 0 Å². The SMILES string of the molecule is Cc1cc(C)n(Cc2cccc(C(=O)N3CCC(N)CC3)c2)n1.Cl. The van der Waals surface area contributed by atoms with E-state index in [1.54, 1.807) is 0 Å². The second-order valence-electron chi connectivity index (χ2n) is 6.41. The molecule has 6 heteroatoms. The first-order valence-corrected chi connectivity index (χ1v) is 8.18. The van der Waals surface area contributed by atoms with Crippen LogP contribution in [-0.2, 0) is 6.54 Å². The van der Waals surface area contributed by atoms with Crippen LogP contribution in [0, 0.1) is 13.8 Å². The van der Waals surface area contributed by atoms with Crippen molar-refractivity contribution in [3.63, 3.8) is 0 Å². The Kier molecular flexibility index (Phi) is 6.02. The van der Waals surface area contributed by atoms with E-state index in [9.17, 15) is 4.79 Å². The van der Waals surface area contributed by atoms with Crippen LogP contribution >= 0.6 is 12.4 Å². The van der Waals surface area contributed by atoms with E-state index in [4.69, 9.17) is 5.73 Å². The van der Waals surface area contributed by atoms with Gasteiger partial charge < -0.3 is 10.6 Å². The third-order valence-electron chi connectivity index (χ3n) is 4.44. The van der Waals surface area contributed by atoms with Gasteiger partial charge in [0.1, 0.15) is 0 Å². The number of hydrogen-bond donors (Lipinski definition) is 1. The standard InChI is InChI=1S/C18H24N4O.ClH/c1-13-10-14(2)22(20-13)12-15-4-3-5-16(11-15)18(23)21-8-6-17(19)7-9-21;/h3-5,10-11,17H,6-9,12,19H2,1-2H3;1H.